The van der Waals surface area contributed by atoms with Crippen molar-refractivity contribution in [1.29, 1.82) is 0 Å². The lowest BCUT2D eigenvalue weighted by atomic mass is 9.98. The zero-order chi connectivity index (χ0) is 16.4. The zero-order valence-electron chi connectivity index (χ0n) is 12.1. The number of nitrogens with one attached hydrogen (secondary N) is 2. The molecule has 1 saturated heterocycles. The molecule has 0 spiro atoms. The average molecular weight is 324 g/mol. The van der Waals surface area contributed by atoms with E-state index < -0.39 is 23.8 Å². The number of benzene rings is 1. The largest absolute Gasteiger partial charge is 0.416 e. The van der Waals surface area contributed by atoms with Crippen LogP contribution in [0.4, 0.5) is 23.7 Å². The number of carbonyl (C=O) groups excluding carboxylic acids is 1. The van der Waals surface area contributed by atoms with Crippen molar-refractivity contribution in [2.24, 2.45) is 0 Å². The van der Waals surface area contributed by atoms with Crippen LogP contribution in [0.15, 0.2) is 36.7 Å². The molecule has 1 aromatic carbocycles. The second kappa shape index (κ2) is 5.94. The van der Waals surface area contributed by atoms with Crippen molar-refractivity contribution < 1.29 is 18.0 Å². The van der Waals surface area contributed by atoms with E-state index in [-0.39, 0.29) is 5.56 Å². The van der Waals surface area contributed by atoms with Crippen molar-refractivity contribution >= 4 is 11.7 Å². The Hall–Kier alpha value is -2.51. The average Bonchev–Trinajstić information content (AvgIpc) is 3.17. The van der Waals surface area contributed by atoms with Crippen molar-refractivity contribution in [3.8, 4) is 0 Å². The highest BCUT2D eigenvalue weighted by Crippen LogP contribution is 2.40. The molecule has 2 N–H and O–H groups in total. The number of aromatic nitrogens is 2. The maximum absolute atomic E-state index is 13.2. The third-order valence-corrected chi connectivity index (χ3v) is 3.89. The van der Waals surface area contributed by atoms with E-state index in [1.54, 1.807) is 6.07 Å². The van der Waals surface area contributed by atoms with Crippen molar-refractivity contribution in [1.82, 2.24) is 15.1 Å². The van der Waals surface area contributed by atoms with Gasteiger partial charge in [-0.3, -0.25) is 5.10 Å². The van der Waals surface area contributed by atoms with E-state index in [4.69, 9.17) is 0 Å². The number of urea groups is 1. The molecule has 0 aliphatic carbocycles. The second-order valence-corrected chi connectivity index (χ2v) is 5.35. The molecule has 1 aromatic heterocycles. The molecule has 3 rings (SSSR count). The number of amides is 2. The lowest BCUT2D eigenvalue weighted by Gasteiger charge is -2.27. The first-order valence-electron chi connectivity index (χ1n) is 7.19. The van der Waals surface area contributed by atoms with Gasteiger partial charge in [0.15, 0.2) is 0 Å². The van der Waals surface area contributed by atoms with E-state index in [1.807, 2.05) is 0 Å². The molecule has 1 fully saturated rings. The van der Waals surface area contributed by atoms with E-state index in [0.717, 1.165) is 6.07 Å². The third-order valence-electron chi connectivity index (χ3n) is 3.89. The summed E-state index contributed by atoms with van der Waals surface area (Å²) in [6.07, 6.45) is -0.327. The van der Waals surface area contributed by atoms with Crippen LogP contribution in [-0.2, 0) is 6.18 Å². The Morgan fingerprint density at radius 1 is 1.35 bits per heavy atom. The smallest absolute Gasteiger partial charge is 0.317 e. The Labute approximate surface area is 130 Å². The Balaban J connectivity index is 1.86. The first-order chi connectivity index (χ1) is 11.0. The van der Waals surface area contributed by atoms with Crippen LogP contribution in [0.2, 0.25) is 0 Å². The van der Waals surface area contributed by atoms with Gasteiger partial charge in [0.2, 0.25) is 0 Å². The number of H-pyrrole nitrogens is 1. The molecule has 2 heterocycles. The first kappa shape index (κ1) is 15.4. The van der Waals surface area contributed by atoms with Gasteiger partial charge in [-0.05, 0) is 24.5 Å². The summed E-state index contributed by atoms with van der Waals surface area (Å²) in [5, 5.41) is 8.92. The van der Waals surface area contributed by atoms with Gasteiger partial charge in [-0.2, -0.15) is 18.3 Å². The monoisotopic (exact) mass is 324 g/mol. The molecular formula is C15H15F3N4O. The van der Waals surface area contributed by atoms with Crippen LogP contribution in [0.3, 0.4) is 0 Å². The van der Waals surface area contributed by atoms with Crippen LogP contribution >= 0.6 is 0 Å². The number of hydrogen-bond donors (Lipinski definition) is 2. The summed E-state index contributed by atoms with van der Waals surface area (Å²) in [6.45, 7) is 0.417. The zero-order valence-corrected chi connectivity index (χ0v) is 12.1. The number of hydrogen-bond acceptors (Lipinski definition) is 2. The van der Waals surface area contributed by atoms with Gasteiger partial charge in [-0.25, -0.2) is 4.79 Å². The Bertz CT molecular complexity index is 684. The predicted molar refractivity (Wildman–Crippen MR) is 77.7 cm³/mol. The molecular weight excluding hydrogens is 309 g/mol. The molecule has 122 valence electrons. The quantitative estimate of drug-likeness (QED) is 0.883. The van der Waals surface area contributed by atoms with Gasteiger partial charge in [0, 0.05) is 12.7 Å². The molecule has 1 aliphatic heterocycles. The van der Waals surface area contributed by atoms with Crippen LogP contribution in [0, 0.1) is 0 Å². The van der Waals surface area contributed by atoms with Gasteiger partial charge in [-0.15, -0.1) is 0 Å². The molecule has 0 bridgehead atoms. The number of nitrogens with zero attached hydrogens (tertiary/aromatic N) is 2. The first-order valence-corrected chi connectivity index (χ1v) is 7.19. The number of anilines is 1. The van der Waals surface area contributed by atoms with Crippen LogP contribution in [0.25, 0.3) is 0 Å². The Morgan fingerprint density at radius 3 is 2.83 bits per heavy atom. The van der Waals surface area contributed by atoms with Gasteiger partial charge < -0.3 is 10.2 Å². The predicted octanol–water partition coefficient (Wildman–Crippen LogP) is 3.80. The maximum atomic E-state index is 13.2. The minimum absolute atomic E-state index is 0.139. The summed E-state index contributed by atoms with van der Waals surface area (Å²) in [4.78, 5) is 13.8. The summed E-state index contributed by atoms with van der Waals surface area (Å²) in [5.41, 5.74) is -0.0717. The summed E-state index contributed by atoms with van der Waals surface area (Å²) in [6, 6.07) is 4.41. The molecule has 0 radical (unpaired) electrons. The Morgan fingerprint density at radius 2 is 2.13 bits per heavy atom. The summed E-state index contributed by atoms with van der Waals surface area (Å²) >= 11 is 0. The maximum Gasteiger partial charge on any atom is 0.416 e. The van der Waals surface area contributed by atoms with Gasteiger partial charge in [0.05, 0.1) is 23.5 Å². The van der Waals surface area contributed by atoms with Gasteiger partial charge in [0.1, 0.15) is 0 Å². The van der Waals surface area contributed by atoms with Crippen LogP contribution in [0.5, 0.6) is 0 Å². The molecule has 0 saturated carbocycles. The number of rotatable bonds is 2. The van der Waals surface area contributed by atoms with Gasteiger partial charge in [0.25, 0.3) is 0 Å². The third kappa shape index (κ3) is 3.15. The van der Waals surface area contributed by atoms with E-state index in [1.165, 1.54) is 29.4 Å². The fourth-order valence-electron chi connectivity index (χ4n) is 2.89. The SMILES string of the molecule is O=C(Nc1cn[nH]c1)N1CCC[C@H]1c1ccccc1C(F)(F)F. The number of halogens is 3. The summed E-state index contributed by atoms with van der Waals surface area (Å²) in [7, 11) is 0. The van der Waals surface area contributed by atoms with Crippen molar-refractivity contribution in [2.75, 3.05) is 11.9 Å². The van der Waals surface area contributed by atoms with Crippen LogP contribution in [-0.4, -0.2) is 27.7 Å². The highest BCUT2D eigenvalue weighted by Gasteiger charge is 2.38. The Kier molecular flexibility index (Phi) is 3.97. The molecule has 1 atom stereocenters. The minimum atomic E-state index is -4.44. The minimum Gasteiger partial charge on any atom is -0.317 e. The molecule has 5 nitrogen and oxygen atoms in total. The van der Waals surface area contributed by atoms with E-state index in [2.05, 4.69) is 15.5 Å². The van der Waals surface area contributed by atoms with Gasteiger partial charge >= 0.3 is 12.2 Å². The van der Waals surface area contributed by atoms with Crippen molar-refractivity contribution in [3.63, 3.8) is 0 Å². The van der Waals surface area contributed by atoms with Crippen molar-refractivity contribution in [3.05, 3.63) is 47.8 Å². The topological polar surface area (TPSA) is 61.0 Å². The molecule has 1 aliphatic rings. The van der Waals surface area contributed by atoms with E-state index >= 15 is 0 Å². The molecule has 8 heteroatoms. The highest BCUT2D eigenvalue weighted by atomic mass is 19.4. The van der Waals surface area contributed by atoms with Crippen molar-refractivity contribution in [2.45, 2.75) is 25.1 Å². The number of likely N-dealkylation sites (tertiary alicyclic amines) is 1. The highest BCUT2D eigenvalue weighted by molar-refractivity contribution is 5.89. The number of alkyl halides is 3. The standard InChI is InChI=1S/C15H15F3N4O/c16-15(17,18)12-5-2-1-4-11(12)13-6-3-7-22(13)14(23)21-10-8-19-20-9-10/h1-2,4-5,8-9,13H,3,6-7H2,(H,19,20)(H,21,23)/t13-/m0/s1. The fraction of sp³-hybridized carbons (Fsp3) is 0.333. The summed E-state index contributed by atoms with van der Waals surface area (Å²) in [5.74, 6) is 0. The molecule has 0 unspecified atom stereocenters. The second-order valence-electron chi connectivity index (χ2n) is 5.35. The molecule has 23 heavy (non-hydrogen) atoms. The lowest BCUT2D eigenvalue weighted by Crippen LogP contribution is -2.35. The lowest BCUT2D eigenvalue weighted by molar-refractivity contribution is -0.138. The fourth-order valence-corrected chi connectivity index (χ4v) is 2.89. The van der Waals surface area contributed by atoms with E-state index in [0.29, 0.717) is 25.1 Å². The number of aromatic amines is 1. The molecule has 2 amide bonds. The molecule has 2 aromatic rings. The number of carbonyl (C=O) groups is 1. The summed E-state index contributed by atoms with van der Waals surface area (Å²) < 4.78 is 39.6. The normalized spacial score (nSPS) is 18.2. The van der Waals surface area contributed by atoms with Crippen LogP contribution in [0.1, 0.15) is 30.0 Å². The van der Waals surface area contributed by atoms with Gasteiger partial charge in [-0.1, -0.05) is 18.2 Å². The van der Waals surface area contributed by atoms with Crippen LogP contribution < -0.4 is 5.32 Å². The van der Waals surface area contributed by atoms with E-state index in [9.17, 15) is 18.0 Å².